The highest BCUT2D eigenvalue weighted by Gasteiger charge is 2.11. The van der Waals surface area contributed by atoms with Crippen LogP contribution in [0.1, 0.15) is 10.4 Å². The van der Waals surface area contributed by atoms with Gasteiger partial charge in [0.15, 0.2) is 0 Å². The standard InChI is InChI=1S/C14H12N4O/c1-18-12-8-10(13(15)19)2-3-11(12)17-14(18)9-4-6-16-7-5-9/h2-8H,1H3,(H2,15,19). The SMILES string of the molecule is Cn1c(-c2ccncc2)nc2ccc(C(N)=O)cc21. The highest BCUT2D eigenvalue weighted by Crippen LogP contribution is 2.23. The van der Waals surface area contributed by atoms with E-state index in [9.17, 15) is 4.79 Å². The Balaban J connectivity index is 2.24. The summed E-state index contributed by atoms with van der Waals surface area (Å²) in [5.74, 6) is 0.396. The lowest BCUT2D eigenvalue weighted by Crippen LogP contribution is -2.10. The lowest BCUT2D eigenvalue weighted by atomic mass is 10.2. The molecule has 3 aromatic rings. The van der Waals surface area contributed by atoms with Crippen LogP contribution in [-0.2, 0) is 7.05 Å². The summed E-state index contributed by atoms with van der Waals surface area (Å²) < 4.78 is 1.94. The molecular formula is C14H12N4O. The monoisotopic (exact) mass is 252 g/mol. The van der Waals surface area contributed by atoms with E-state index in [1.807, 2.05) is 23.7 Å². The molecule has 0 saturated heterocycles. The largest absolute Gasteiger partial charge is 0.366 e. The number of hydrogen-bond acceptors (Lipinski definition) is 3. The molecule has 5 nitrogen and oxygen atoms in total. The molecule has 0 bridgehead atoms. The van der Waals surface area contributed by atoms with Gasteiger partial charge in [-0.2, -0.15) is 0 Å². The minimum atomic E-state index is -0.437. The number of nitrogens with two attached hydrogens (primary N) is 1. The maximum Gasteiger partial charge on any atom is 0.248 e. The van der Waals surface area contributed by atoms with E-state index in [0.29, 0.717) is 5.56 Å². The zero-order valence-electron chi connectivity index (χ0n) is 10.4. The Morgan fingerprint density at radius 2 is 1.95 bits per heavy atom. The van der Waals surface area contributed by atoms with Crippen LogP contribution >= 0.6 is 0 Å². The van der Waals surface area contributed by atoms with E-state index in [0.717, 1.165) is 22.4 Å². The van der Waals surface area contributed by atoms with Crippen LogP contribution in [0.4, 0.5) is 0 Å². The number of primary amides is 1. The fourth-order valence-electron chi connectivity index (χ4n) is 2.10. The van der Waals surface area contributed by atoms with Crippen molar-refractivity contribution in [2.24, 2.45) is 12.8 Å². The molecule has 0 saturated carbocycles. The Bertz CT molecular complexity index is 762. The summed E-state index contributed by atoms with van der Waals surface area (Å²) in [5, 5.41) is 0. The number of pyridine rings is 1. The van der Waals surface area contributed by atoms with Gasteiger partial charge >= 0.3 is 0 Å². The molecule has 0 atom stereocenters. The molecule has 5 heteroatoms. The molecule has 0 aliphatic heterocycles. The first-order valence-electron chi connectivity index (χ1n) is 5.83. The second-order valence-corrected chi connectivity index (χ2v) is 4.30. The fourth-order valence-corrected chi connectivity index (χ4v) is 2.10. The Hall–Kier alpha value is -2.69. The zero-order valence-corrected chi connectivity index (χ0v) is 10.4. The zero-order chi connectivity index (χ0) is 13.4. The van der Waals surface area contributed by atoms with Crippen LogP contribution in [0.3, 0.4) is 0 Å². The van der Waals surface area contributed by atoms with Gasteiger partial charge in [0.05, 0.1) is 11.0 Å². The van der Waals surface area contributed by atoms with Crippen molar-refractivity contribution in [1.82, 2.24) is 14.5 Å². The van der Waals surface area contributed by atoms with Crippen LogP contribution in [-0.4, -0.2) is 20.4 Å². The normalized spacial score (nSPS) is 10.8. The number of benzene rings is 1. The van der Waals surface area contributed by atoms with Crippen molar-refractivity contribution < 1.29 is 4.79 Å². The Morgan fingerprint density at radius 3 is 2.63 bits per heavy atom. The molecular weight excluding hydrogens is 240 g/mol. The van der Waals surface area contributed by atoms with E-state index in [4.69, 9.17) is 5.73 Å². The van der Waals surface area contributed by atoms with Gasteiger partial charge in [-0.15, -0.1) is 0 Å². The molecule has 2 heterocycles. The maximum atomic E-state index is 11.2. The Kier molecular flexibility index (Phi) is 2.52. The number of carbonyl (C=O) groups is 1. The second kappa shape index (κ2) is 4.20. The molecule has 19 heavy (non-hydrogen) atoms. The van der Waals surface area contributed by atoms with Crippen molar-refractivity contribution in [3.8, 4) is 11.4 Å². The van der Waals surface area contributed by atoms with E-state index < -0.39 is 5.91 Å². The van der Waals surface area contributed by atoms with Crippen molar-refractivity contribution in [3.05, 3.63) is 48.3 Å². The van der Waals surface area contributed by atoms with Crippen LogP contribution in [0.5, 0.6) is 0 Å². The number of carbonyl (C=O) groups excluding carboxylic acids is 1. The highest BCUT2D eigenvalue weighted by molar-refractivity contribution is 5.96. The first kappa shape index (κ1) is 11.4. The lowest BCUT2D eigenvalue weighted by molar-refractivity contribution is 0.100. The van der Waals surface area contributed by atoms with Crippen molar-refractivity contribution in [2.45, 2.75) is 0 Å². The van der Waals surface area contributed by atoms with Gasteiger partial charge in [0.1, 0.15) is 5.82 Å². The molecule has 0 radical (unpaired) electrons. The van der Waals surface area contributed by atoms with E-state index >= 15 is 0 Å². The number of aromatic nitrogens is 3. The van der Waals surface area contributed by atoms with Gasteiger partial charge in [0.2, 0.25) is 5.91 Å². The molecule has 2 aromatic heterocycles. The van der Waals surface area contributed by atoms with Crippen molar-refractivity contribution in [3.63, 3.8) is 0 Å². The number of fused-ring (bicyclic) bond motifs is 1. The Morgan fingerprint density at radius 1 is 1.21 bits per heavy atom. The first-order chi connectivity index (χ1) is 9.16. The van der Waals surface area contributed by atoms with Crippen molar-refractivity contribution in [2.75, 3.05) is 0 Å². The molecule has 0 unspecified atom stereocenters. The van der Waals surface area contributed by atoms with Crippen molar-refractivity contribution >= 4 is 16.9 Å². The lowest BCUT2D eigenvalue weighted by Gasteiger charge is -2.02. The fraction of sp³-hybridized carbons (Fsp3) is 0.0714. The predicted octanol–water partition coefficient (Wildman–Crippen LogP) is 1.73. The quantitative estimate of drug-likeness (QED) is 0.754. The predicted molar refractivity (Wildman–Crippen MR) is 72.5 cm³/mol. The van der Waals surface area contributed by atoms with E-state index in [-0.39, 0.29) is 0 Å². The van der Waals surface area contributed by atoms with Crippen LogP contribution in [0, 0.1) is 0 Å². The average Bonchev–Trinajstić information content (AvgIpc) is 2.77. The number of nitrogens with zero attached hydrogens (tertiary/aromatic N) is 3. The average molecular weight is 252 g/mol. The van der Waals surface area contributed by atoms with E-state index in [1.165, 1.54) is 0 Å². The molecule has 0 spiro atoms. The molecule has 2 N–H and O–H groups in total. The van der Waals surface area contributed by atoms with Gasteiger partial charge in [0.25, 0.3) is 0 Å². The summed E-state index contributed by atoms with van der Waals surface area (Å²) in [5.41, 5.74) is 8.47. The van der Waals surface area contributed by atoms with Gasteiger partial charge in [0, 0.05) is 30.6 Å². The minimum absolute atomic E-state index is 0.437. The highest BCUT2D eigenvalue weighted by atomic mass is 16.1. The number of aryl methyl sites for hydroxylation is 1. The van der Waals surface area contributed by atoms with Crippen LogP contribution in [0.15, 0.2) is 42.7 Å². The van der Waals surface area contributed by atoms with Gasteiger partial charge in [-0.05, 0) is 30.3 Å². The third-order valence-electron chi connectivity index (χ3n) is 3.10. The molecule has 0 fully saturated rings. The summed E-state index contributed by atoms with van der Waals surface area (Å²) in [6.45, 7) is 0. The van der Waals surface area contributed by atoms with Gasteiger partial charge in [-0.25, -0.2) is 4.98 Å². The van der Waals surface area contributed by atoms with E-state index in [2.05, 4.69) is 9.97 Å². The third-order valence-corrected chi connectivity index (χ3v) is 3.10. The summed E-state index contributed by atoms with van der Waals surface area (Å²) >= 11 is 0. The van der Waals surface area contributed by atoms with Gasteiger partial charge in [-0.3, -0.25) is 9.78 Å². The number of rotatable bonds is 2. The molecule has 1 amide bonds. The summed E-state index contributed by atoms with van der Waals surface area (Å²) in [4.78, 5) is 19.8. The van der Waals surface area contributed by atoms with Crippen LogP contribution < -0.4 is 5.73 Å². The minimum Gasteiger partial charge on any atom is -0.366 e. The first-order valence-corrected chi connectivity index (χ1v) is 5.83. The molecule has 1 aromatic carbocycles. The van der Waals surface area contributed by atoms with Crippen molar-refractivity contribution in [1.29, 1.82) is 0 Å². The summed E-state index contributed by atoms with van der Waals surface area (Å²) in [7, 11) is 1.91. The van der Waals surface area contributed by atoms with Crippen LogP contribution in [0.2, 0.25) is 0 Å². The number of hydrogen-bond donors (Lipinski definition) is 1. The van der Waals surface area contributed by atoms with E-state index in [1.54, 1.807) is 30.6 Å². The van der Waals surface area contributed by atoms with Gasteiger partial charge in [-0.1, -0.05) is 0 Å². The number of amides is 1. The summed E-state index contributed by atoms with van der Waals surface area (Å²) in [6.07, 6.45) is 3.45. The molecule has 3 rings (SSSR count). The summed E-state index contributed by atoms with van der Waals surface area (Å²) in [6, 6.07) is 9.05. The Labute approximate surface area is 109 Å². The van der Waals surface area contributed by atoms with Crippen LogP contribution in [0.25, 0.3) is 22.4 Å². The third kappa shape index (κ3) is 1.85. The molecule has 94 valence electrons. The second-order valence-electron chi connectivity index (χ2n) is 4.30. The smallest absolute Gasteiger partial charge is 0.248 e. The topological polar surface area (TPSA) is 73.8 Å². The molecule has 0 aliphatic rings. The maximum absolute atomic E-state index is 11.2. The van der Waals surface area contributed by atoms with Gasteiger partial charge < -0.3 is 10.3 Å². The number of imidazole rings is 1. The molecule has 0 aliphatic carbocycles.